The van der Waals surface area contributed by atoms with Gasteiger partial charge in [0.05, 0.1) is 31.0 Å². The molecule has 1 saturated heterocycles. The quantitative estimate of drug-likeness (QED) is 0.831. The van der Waals surface area contributed by atoms with Crippen LogP contribution in [0.3, 0.4) is 0 Å². The number of rotatable bonds is 5. The zero-order chi connectivity index (χ0) is 12.1. The maximum Gasteiger partial charge on any atom is 0.270 e. The highest BCUT2D eigenvalue weighted by atomic mass is 32.1. The average Bonchev–Trinajstić information content (AvgIpc) is 2.85. The number of aliphatic hydroxyl groups is 1. The number of hydrogen-bond acceptors (Lipinski definition) is 7. The minimum atomic E-state index is -0.450. The van der Waals surface area contributed by atoms with E-state index in [9.17, 15) is 5.11 Å². The summed E-state index contributed by atoms with van der Waals surface area (Å²) < 4.78 is 19.1. The van der Waals surface area contributed by atoms with Gasteiger partial charge in [0.1, 0.15) is 6.61 Å². The molecule has 0 aliphatic carbocycles. The highest BCUT2D eigenvalue weighted by Crippen LogP contribution is 2.26. The Morgan fingerprint density at radius 1 is 1.47 bits per heavy atom. The van der Waals surface area contributed by atoms with Crippen LogP contribution in [0.25, 0.3) is 0 Å². The van der Waals surface area contributed by atoms with Crippen LogP contribution in [0.4, 0.5) is 5.82 Å². The lowest BCUT2D eigenvalue weighted by atomic mass is 10.3. The van der Waals surface area contributed by atoms with E-state index < -0.39 is 6.10 Å². The number of aliphatic hydroxyl groups excluding tert-OH is 1. The topological polar surface area (TPSA) is 67.7 Å². The predicted molar refractivity (Wildman–Crippen MR) is 64.7 cm³/mol. The fourth-order valence-electron chi connectivity index (χ4n) is 1.53. The average molecular weight is 259 g/mol. The van der Waals surface area contributed by atoms with Crippen LogP contribution in [0.2, 0.25) is 0 Å². The van der Waals surface area contributed by atoms with Gasteiger partial charge in [-0.25, -0.2) is 0 Å². The summed E-state index contributed by atoms with van der Waals surface area (Å²) in [6, 6.07) is 0. The minimum absolute atomic E-state index is 0.263. The Bertz CT molecular complexity index is 341. The van der Waals surface area contributed by atoms with Crippen LogP contribution < -0.4 is 9.64 Å². The first kappa shape index (κ1) is 12.5. The summed E-state index contributed by atoms with van der Waals surface area (Å²) in [4.78, 5) is 2.10. The van der Waals surface area contributed by atoms with E-state index in [-0.39, 0.29) is 6.61 Å². The Labute approximate surface area is 104 Å². The van der Waals surface area contributed by atoms with Gasteiger partial charge in [0.25, 0.3) is 5.88 Å². The van der Waals surface area contributed by atoms with Crippen molar-refractivity contribution in [3.63, 3.8) is 0 Å². The van der Waals surface area contributed by atoms with Gasteiger partial charge in [-0.3, -0.25) is 0 Å². The third-order valence-corrected chi connectivity index (χ3v) is 3.14. The first-order chi connectivity index (χ1) is 8.31. The maximum atomic E-state index is 9.45. The van der Waals surface area contributed by atoms with E-state index in [4.69, 9.17) is 9.47 Å². The molecule has 0 aromatic carbocycles. The SMILES string of the molecule is CCC(O)COc1nsnc1N1CCOCC1. The Balaban J connectivity index is 1.95. The lowest BCUT2D eigenvalue weighted by Crippen LogP contribution is -2.36. The van der Waals surface area contributed by atoms with Gasteiger partial charge in [-0.1, -0.05) is 6.92 Å². The smallest absolute Gasteiger partial charge is 0.270 e. The highest BCUT2D eigenvalue weighted by Gasteiger charge is 2.20. The van der Waals surface area contributed by atoms with Gasteiger partial charge in [0.2, 0.25) is 5.82 Å². The van der Waals surface area contributed by atoms with Gasteiger partial charge in [-0.15, -0.1) is 4.37 Å². The standard InChI is InChI=1S/C10H17N3O3S/c1-2-8(14)7-16-10-9(11-17-12-10)13-3-5-15-6-4-13/h8,14H,2-7H2,1H3. The molecular weight excluding hydrogens is 242 g/mol. The molecule has 17 heavy (non-hydrogen) atoms. The first-order valence-electron chi connectivity index (χ1n) is 5.77. The van der Waals surface area contributed by atoms with Crippen molar-refractivity contribution in [3.05, 3.63) is 0 Å². The van der Waals surface area contributed by atoms with Gasteiger partial charge in [-0.05, 0) is 6.42 Å². The second-order valence-electron chi connectivity index (χ2n) is 3.87. The molecule has 2 rings (SSSR count). The number of hydrogen-bond donors (Lipinski definition) is 1. The van der Waals surface area contributed by atoms with E-state index in [2.05, 4.69) is 13.6 Å². The number of ether oxygens (including phenoxy) is 2. The molecule has 7 heteroatoms. The molecule has 1 aromatic rings. The number of morpholine rings is 1. The van der Waals surface area contributed by atoms with Crippen LogP contribution in [0.1, 0.15) is 13.3 Å². The highest BCUT2D eigenvalue weighted by molar-refractivity contribution is 6.99. The second kappa shape index (κ2) is 6.13. The van der Waals surface area contributed by atoms with Crippen LogP contribution in [0, 0.1) is 0 Å². The normalized spacial score (nSPS) is 18.1. The summed E-state index contributed by atoms with van der Waals surface area (Å²) in [5, 5.41) is 9.45. The molecule has 0 amide bonds. The van der Waals surface area contributed by atoms with Crippen LogP contribution in [0.5, 0.6) is 5.88 Å². The molecule has 2 heterocycles. The fourth-order valence-corrected chi connectivity index (χ4v) is 2.05. The molecular formula is C10H17N3O3S. The van der Waals surface area contributed by atoms with Gasteiger partial charge < -0.3 is 19.5 Å². The lowest BCUT2D eigenvalue weighted by molar-refractivity contribution is 0.101. The van der Waals surface area contributed by atoms with E-state index in [1.54, 1.807) is 0 Å². The van der Waals surface area contributed by atoms with Crippen molar-refractivity contribution in [2.24, 2.45) is 0 Å². The Morgan fingerprint density at radius 3 is 2.94 bits per heavy atom. The third kappa shape index (κ3) is 3.27. The molecule has 0 bridgehead atoms. The molecule has 1 atom stereocenters. The number of nitrogens with zero attached hydrogens (tertiary/aromatic N) is 3. The maximum absolute atomic E-state index is 9.45. The molecule has 0 radical (unpaired) electrons. The summed E-state index contributed by atoms with van der Waals surface area (Å²) in [7, 11) is 0. The van der Waals surface area contributed by atoms with Gasteiger partial charge in [-0.2, -0.15) is 4.37 Å². The van der Waals surface area contributed by atoms with Gasteiger partial charge >= 0.3 is 0 Å². The van der Waals surface area contributed by atoms with E-state index in [0.29, 0.717) is 25.5 Å². The largest absolute Gasteiger partial charge is 0.472 e. The Morgan fingerprint density at radius 2 is 2.24 bits per heavy atom. The summed E-state index contributed by atoms with van der Waals surface area (Å²) in [5.41, 5.74) is 0. The molecule has 0 spiro atoms. The van der Waals surface area contributed by atoms with Crippen molar-refractivity contribution >= 4 is 17.5 Å². The molecule has 1 unspecified atom stereocenters. The van der Waals surface area contributed by atoms with E-state index in [1.165, 1.54) is 0 Å². The monoisotopic (exact) mass is 259 g/mol. The molecule has 6 nitrogen and oxygen atoms in total. The molecule has 96 valence electrons. The zero-order valence-corrected chi connectivity index (χ0v) is 10.7. The van der Waals surface area contributed by atoms with Gasteiger partial charge in [0, 0.05) is 13.1 Å². The van der Waals surface area contributed by atoms with Crippen molar-refractivity contribution < 1.29 is 14.6 Å². The predicted octanol–water partition coefficient (Wildman–Crippen LogP) is 0.524. The lowest BCUT2D eigenvalue weighted by Gasteiger charge is -2.26. The fraction of sp³-hybridized carbons (Fsp3) is 0.800. The van der Waals surface area contributed by atoms with Crippen LogP contribution in [-0.2, 0) is 4.74 Å². The molecule has 1 aliphatic heterocycles. The van der Waals surface area contributed by atoms with E-state index in [1.807, 2.05) is 6.92 Å². The van der Waals surface area contributed by atoms with Crippen LogP contribution >= 0.6 is 11.7 Å². The van der Waals surface area contributed by atoms with E-state index >= 15 is 0 Å². The molecule has 1 aliphatic rings. The van der Waals surface area contributed by atoms with Crippen molar-refractivity contribution in [1.29, 1.82) is 0 Å². The summed E-state index contributed by atoms with van der Waals surface area (Å²) in [6.07, 6.45) is 0.221. The van der Waals surface area contributed by atoms with Gasteiger partial charge in [0.15, 0.2) is 0 Å². The minimum Gasteiger partial charge on any atom is -0.472 e. The Kier molecular flexibility index (Phi) is 4.52. The summed E-state index contributed by atoms with van der Waals surface area (Å²) >= 11 is 1.13. The van der Waals surface area contributed by atoms with E-state index in [0.717, 1.165) is 30.6 Å². The van der Waals surface area contributed by atoms with Crippen molar-refractivity contribution in [2.45, 2.75) is 19.4 Å². The second-order valence-corrected chi connectivity index (χ2v) is 4.39. The molecule has 1 N–H and O–H groups in total. The first-order valence-corrected chi connectivity index (χ1v) is 6.50. The molecule has 0 saturated carbocycles. The number of aromatic nitrogens is 2. The molecule has 1 fully saturated rings. The summed E-state index contributed by atoms with van der Waals surface area (Å²) in [5.74, 6) is 1.28. The van der Waals surface area contributed by atoms with Crippen LogP contribution in [-0.4, -0.2) is 52.9 Å². The molecule has 1 aromatic heterocycles. The van der Waals surface area contributed by atoms with Crippen molar-refractivity contribution in [3.8, 4) is 5.88 Å². The van der Waals surface area contributed by atoms with Crippen molar-refractivity contribution in [1.82, 2.24) is 8.75 Å². The number of anilines is 1. The summed E-state index contributed by atoms with van der Waals surface area (Å²) in [6.45, 7) is 5.19. The third-order valence-electron chi connectivity index (χ3n) is 2.64. The van der Waals surface area contributed by atoms with Crippen LogP contribution in [0.15, 0.2) is 0 Å². The van der Waals surface area contributed by atoms with Crippen molar-refractivity contribution in [2.75, 3.05) is 37.8 Å². The Hall–Kier alpha value is -0.920. The zero-order valence-electron chi connectivity index (χ0n) is 9.83.